The van der Waals surface area contributed by atoms with Crippen LogP contribution in [-0.4, -0.2) is 20.4 Å². The molecule has 0 aliphatic carbocycles. The number of nitrogens with one attached hydrogen (secondary N) is 1. The van der Waals surface area contributed by atoms with E-state index in [4.69, 9.17) is 5.11 Å². The lowest BCUT2D eigenvalue weighted by Gasteiger charge is -1.99. The Balaban J connectivity index is 2.61. The van der Waals surface area contributed by atoms with Crippen molar-refractivity contribution in [2.75, 3.05) is 0 Å². The van der Waals surface area contributed by atoms with Crippen LogP contribution in [0.4, 0.5) is 0 Å². The third-order valence-electron chi connectivity index (χ3n) is 1.65. The van der Waals surface area contributed by atoms with Gasteiger partial charge in [-0.3, -0.25) is 0 Å². The van der Waals surface area contributed by atoms with E-state index in [1.54, 1.807) is 0 Å². The second-order valence-corrected chi connectivity index (χ2v) is 2.62. The summed E-state index contributed by atoms with van der Waals surface area (Å²) in [5.41, 5.74) is 0.156. The van der Waals surface area contributed by atoms with Crippen LogP contribution in [0.1, 0.15) is 0 Å². The number of hydrogen-bond donors (Lipinski definition) is 3. The molecule has 0 atom stereocenters. The number of aromatic hydroxyl groups is 2. The molecule has 0 spiro atoms. The van der Waals surface area contributed by atoms with Gasteiger partial charge in [-0.25, -0.2) is 9.89 Å². The molecular weight excluding hydrogens is 188 g/mol. The zero-order valence-electron chi connectivity index (χ0n) is 6.89. The first-order valence-corrected chi connectivity index (χ1v) is 3.74. The third kappa shape index (κ3) is 1.33. The van der Waals surface area contributed by atoms with Gasteiger partial charge < -0.3 is 14.6 Å². The van der Waals surface area contributed by atoms with Crippen LogP contribution in [0.2, 0.25) is 0 Å². The summed E-state index contributed by atoms with van der Waals surface area (Å²) < 4.78 is 4.61. The van der Waals surface area contributed by atoms with Gasteiger partial charge in [0.05, 0.1) is 5.56 Å². The van der Waals surface area contributed by atoms with Gasteiger partial charge in [0.25, 0.3) is 5.89 Å². The molecule has 72 valence electrons. The Morgan fingerprint density at radius 2 is 2.14 bits per heavy atom. The number of aromatic amines is 1. The van der Waals surface area contributed by atoms with Crippen LogP contribution in [0, 0.1) is 0 Å². The van der Waals surface area contributed by atoms with Gasteiger partial charge in [0, 0.05) is 0 Å². The fourth-order valence-electron chi connectivity index (χ4n) is 1.04. The maximum absolute atomic E-state index is 10.6. The fraction of sp³-hybridized carbons (Fsp3) is 0. The molecule has 1 aromatic carbocycles. The van der Waals surface area contributed by atoms with Crippen LogP contribution in [0.5, 0.6) is 11.5 Å². The lowest BCUT2D eigenvalue weighted by molar-refractivity contribution is 0.457. The molecule has 0 fully saturated rings. The number of H-pyrrole nitrogens is 1. The van der Waals surface area contributed by atoms with Crippen molar-refractivity contribution in [3.05, 3.63) is 28.7 Å². The molecule has 2 rings (SSSR count). The van der Waals surface area contributed by atoms with Gasteiger partial charge in [0.1, 0.15) is 11.5 Å². The Bertz CT molecular complexity index is 514. The highest BCUT2D eigenvalue weighted by molar-refractivity contribution is 5.63. The highest BCUT2D eigenvalue weighted by atomic mass is 16.4. The summed E-state index contributed by atoms with van der Waals surface area (Å²) in [6.45, 7) is 0. The summed E-state index contributed by atoms with van der Waals surface area (Å²) in [6, 6.07) is 3.83. The Kier molecular flexibility index (Phi) is 1.74. The van der Waals surface area contributed by atoms with Gasteiger partial charge >= 0.3 is 5.76 Å². The molecule has 0 amide bonds. The van der Waals surface area contributed by atoms with Crippen LogP contribution in [0.3, 0.4) is 0 Å². The van der Waals surface area contributed by atoms with Crippen molar-refractivity contribution in [3.63, 3.8) is 0 Å². The first-order valence-electron chi connectivity index (χ1n) is 3.74. The molecule has 6 heteroatoms. The second kappa shape index (κ2) is 2.91. The van der Waals surface area contributed by atoms with Crippen LogP contribution in [0.15, 0.2) is 27.4 Å². The molecule has 0 aliphatic heterocycles. The summed E-state index contributed by atoms with van der Waals surface area (Å²) in [5.74, 6) is -0.965. The minimum atomic E-state index is -0.720. The first-order chi connectivity index (χ1) is 6.66. The standard InChI is InChI=1S/C8H6N2O4/c11-4-1-2-6(12)5(3-4)7-9-10-8(13)14-7/h1-3,11-12H,(H,10,13). The van der Waals surface area contributed by atoms with Crippen LogP contribution in [-0.2, 0) is 0 Å². The maximum Gasteiger partial charge on any atom is 0.434 e. The van der Waals surface area contributed by atoms with E-state index in [0.29, 0.717) is 0 Å². The second-order valence-electron chi connectivity index (χ2n) is 2.62. The van der Waals surface area contributed by atoms with E-state index < -0.39 is 5.76 Å². The SMILES string of the molecule is O=c1[nH]nc(-c2cc(O)ccc2O)o1. The van der Waals surface area contributed by atoms with Crippen LogP contribution < -0.4 is 5.76 Å². The molecule has 14 heavy (non-hydrogen) atoms. The number of benzene rings is 1. The Hall–Kier alpha value is -2.24. The number of hydrogen-bond acceptors (Lipinski definition) is 5. The summed E-state index contributed by atoms with van der Waals surface area (Å²) in [7, 11) is 0. The predicted octanol–water partition coefficient (Wildman–Crippen LogP) is 0.441. The van der Waals surface area contributed by atoms with Gasteiger partial charge in [-0.1, -0.05) is 0 Å². The molecule has 0 saturated carbocycles. The van der Waals surface area contributed by atoms with E-state index >= 15 is 0 Å². The third-order valence-corrected chi connectivity index (χ3v) is 1.65. The van der Waals surface area contributed by atoms with Crippen molar-refractivity contribution in [2.45, 2.75) is 0 Å². The molecule has 0 unspecified atom stereocenters. The van der Waals surface area contributed by atoms with Crippen LogP contribution in [0.25, 0.3) is 11.5 Å². The highest BCUT2D eigenvalue weighted by Gasteiger charge is 2.10. The van der Waals surface area contributed by atoms with Crippen molar-refractivity contribution < 1.29 is 14.6 Å². The minimum Gasteiger partial charge on any atom is -0.508 e. The minimum absolute atomic E-state index is 0.0524. The van der Waals surface area contributed by atoms with Crippen molar-refractivity contribution in [1.82, 2.24) is 10.2 Å². The number of rotatable bonds is 1. The van der Waals surface area contributed by atoms with E-state index in [1.807, 2.05) is 5.10 Å². The Morgan fingerprint density at radius 3 is 2.79 bits per heavy atom. The van der Waals surface area contributed by atoms with Crippen molar-refractivity contribution >= 4 is 0 Å². The van der Waals surface area contributed by atoms with E-state index in [1.165, 1.54) is 18.2 Å². The van der Waals surface area contributed by atoms with Gasteiger partial charge in [-0.2, -0.15) is 0 Å². The van der Waals surface area contributed by atoms with Crippen LogP contribution >= 0.6 is 0 Å². The quantitative estimate of drug-likeness (QED) is 0.572. The molecule has 0 aliphatic rings. The lowest BCUT2D eigenvalue weighted by atomic mass is 10.2. The zero-order valence-corrected chi connectivity index (χ0v) is 6.89. The summed E-state index contributed by atoms with van der Waals surface area (Å²) in [4.78, 5) is 10.6. The van der Waals surface area contributed by atoms with Gasteiger partial charge in [0.15, 0.2) is 0 Å². The number of nitrogens with zero attached hydrogens (tertiary/aromatic N) is 1. The van der Waals surface area contributed by atoms with Crippen molar-refractivity contribution in [3.8, 4) is 23.0 Å². The smallest absolute Gasteiger partial charge is 0.434 e. The molecule has 0 radical (unpaired) electrons. The topological polar surface area (TPSA) is 99.4 Å². The van der Waals surface area contributed by atoms with Crippen molar-refractivity contribution in [1.29, 1.82) is 0 Å². The van der Waals surface area contributed by atoms with E-state index in [2.05, 4.69) is 9.52 Å². The van der Waals surface area contributed by atoms with Gasteiger partial charge in [-0.15, -0.1) is 5.10 Å². The van der Waals surface area contributed by atoms with Crippen molar-refractivity contribution in [2.24, 2.45) is 0 Å². The molecular formula is C8H6N2O4. The van der Waals surface area contributed by atoms with Gasteiger partial charge in [-0.05, 0) is 18.2 Å². The van der Waals surface area contributed by atoms with E-state index in [9.17, 15) is 9.90 Å². The molecule has 0 saturated heterocycles. The summed E-state index contributed by atoms with van der Waals surface area (Å²) in [6.07, 6.45) is 0. The average molecular weight is 194 g/mol. The summed E-state index contributed by atoms with van der Waals surface area (Å²) in [5, 5.41) is 24.1. The molecule has 2 aromatic rings. The largest absolute Gasteiger partial charge is 0.508 e. The Labute approximate surface area is 77.4 Å². The normalized spacial score (nSPS) is 10.3. The zero-order chi connectivity index (χ0) is 10.1. The average Bonchev–Trinajstić information content (AvgIpc) is 2.56. The van der Waals surface area contributed by atoms with E-state index in [0.717, 1.165) is 0 Å². The first kappa shape index (κ1) is 8.36. The fourth-order valence-corrected chi connectivity index (χ4v) is 1.04. The molecule has 0 bridgehead atoms. The molecule has 1 heterocycles. The monoisotopic (exact) mass is 194 g/mol. The lowest BCUT2D eigenvalue weighted by Crippen LogP contribution is -1.93. The number of phenols is 2. The number of phenolic OH excluding ortho intramolecular Hbond substituents is 2. The maximum atomic E-state index is 10.6. The Morgan fingerprint density at radius 1 is 1.36 bits per heavy atom. The predicted molar refractivity (Wildman–Crippen MR) is 45.9 cm³/mol. The summed E-state index contributed by atoms with van der Waals surface area (Å²) >= 11 is 0. The number of aromatic nitrogens is 2. The molecule has 6 nitrogen and oxygen atoms in total. The highest BCUT2D eigenvalue weighted by Crippen LogP contribution is 2.29. The molecule has 3 N–H and O–H groups in total. The van der Waals surface area contributed by atoms with Gasteiger partial charge in [0.2, 0.25) is 0 Å². The molecule has 1 aromatic heterocycles. The van der Waals surface area contributed by atoms with E-state index in [-0.39, 0.29) is 23.0 Å².